The first-order chi connectivity index (χ1) is 11.5. The van der Waals surface area contributed by atoms with Crippen LogP contribution in [0.5, 0.6) is 0 Å². The maximum atomic E-state index is 13.5. The van der Waals surface area contributed by atoms with Crippen molar-refractivity contribution in [2.24, 2.45) is 0 Å². The molecule has 0 aromatic heterocycles. The van der Waals surface area contributed by atoms with Gasteiger partial charge in [-0.3, -0.25) is 4.79 Å². The van der Waals surface area contributed by atoms with Gasteiger partial charge in [0.05, 0.1) is 0 Å². The summed E-state index contributed by atoms with van der Waals surface area (Å²) in [4.78, 5) is 25.7. The Bertz CT molecular complexity index is 741. The van der Waals surface area contributed by atoms with Gasteiger partial charge in [-0.1, -0.05) is 48.5 Å². The van der Waals surface area contributed by atoms with E-state index in [0.29, 0.717) is 5.56 Å². The van der Waals surface area contributed by atoms with Crippen LogP contribution in [0.2, 0.25) is 0 Å². The van der Waals surface area contributed by atoms with Crippen molar-refractivity contribution in [1.29, 1.82) is 0 Å². The van der Waals surface area contributed by atoms with E-state index in [-0.39, 0.29) is 11.5 Å². The van der Waals surface area contributed by atoms with Gasteiger partial charge in [0.25, 0.3) is 5.91 Å². The van der Waals surface area contributed by atoms with Crippen molar-refractivity contribution in [2.45, 2.75) is 6.10 Å². The number of amides is 1. The highest BCUT2D eigenvalue weighted by molar-refractivity contribution is 5.90. The number of rotatable bonds is 5. The van der Waals surface area contributed by atoms with Gasteiger partial charge in [-0.15, -0.1) is 0 Å². The lowest BCUT2D eigenvalue weighted by Gasteiger charge is -2.20. The molecule has 0 bridgehead atoms. The van der Waals surface area contributed by atoms with E-state index in [2.05, 4.69) is 0 Å². The lowest BCUT2D eigenvalue weighted by Crippen LogP contribution is -2.30. The van der Waals surface area contributed by atoms with E-state index < -0.39 is 17.9 Å². The molecule has 4 nitrogen and oxygen atoms in total. The summed E-state index contributed by atoms with van der Waals surface area (Å²) in [6, 6.07) is 14.8. The lowest BCUT2D eigenvalue weighted by molar-refractivity contribution is -0.155. The molecule has 0 fully saturated rings. The molecular weight excluding hydrogens is 309 g/mol. The van der Waals surface area contributed by atoms with E-state index in [1.807, 2.05) is 0 Å². The van der Waals surface area contributed by atoms with E-state index >= 15 is 0 Å². The molecule has 24 heavy (non-hydrogen) atoms. The highest BCUT2D eigenvalue weighted by Gasteiger charge is 2.25. The molecule has 2 aromatic carbocycles. The Hall–Kier alpha value is -2.95. The molecule has 0 N–H and O–H groups in total. The summed E-state index contributed by atoms with van der Waals surface area (Å²) in [6.45, 7) is 0. The van der Waals surface area contributed by atoms with Crippen molar-refractivity contribution in [3.05, 3.63) is 77.6 Å². The molecule has 0 aliphatic heterocycles. The molecule has 0 saturated carbocycles. The highest BCUT2D eigenvalue weighted by Crippen LogP contribution is 2.20. The number of nitrogens with zero attached hydrogens (tertiary/aromatic N) is 1. The van der Waals surface area contributed by atoms with E-state index in [1.165, 1.54) is 17.0 Å². The Labute approximate surface area is 140 Å². The number of likely N-dealkylation sites (N-methyl/N-ethyl adjacent to an activating group) is 1. The standard InChI is InChI=1S/C19H18FNO3/c1-21(2)19(23)18(15-9-4-3-5-10-15)24-17(22)13-12-14-8-6-7-11-16(14)20/h3-13,18H,1-2H3/b13-12+/t18-/m1/s1. The zero-order valence-corrected chi connectivity index (χ0v) is 13.5. The van der Waals surface area contributed by atoms with Crippen molar-refractivity contribution in [1.82, 2.24) is 4.90 Å². The van der Waals surface area contributed by atoms with Crippen LogP contribution in [0.3, 0.4) is 0 Å². The van der Waals surface area contributed by atoms with Crippen molar-refractivity contribution in [3.8, 4) is 0 Å². The van der Waals surface area contributed by atoms with Crippen LogP contribution in [0.15, 0.2) is 60.7 Å². The first-order valence-electron chi connectivity index (χ1n) is 7.38. The first kappa shape index (κ1) is 17.4. The average Bonchev–Trinajstić information content (AvgIpc) is 2.59. The first-order valence-corrected chi connectivity index (χ1v) is 7.38. The quantitative estimate of drug-likeness (QED) is 0.626. The fourth-order valence-corrected chi connectivity index (χ4v) is 2.05. The molecule has 0 radical (unpaired) electrons. The van der Waals surface area contributed by atoms with Crippen LogP contribution in [-0.2, 0) is 14.3 Å². The molecule has 2 aromatic rings. The fourth-order valence-electron chi connectivity index (χ4n) is 2.05. The minimum atomic E-state index is -1.04. The Balaban J connectivity index is 2.16. The van der Waals surface area contributed by atoms with Crippen molar-refractivity contribution in [3.63, 3.8) is 0 Å². The summed E-state index contributed by atoms with van der Waals surface area (Å²) >= 11 is 0. The topological polar surface area (TPSA) is 46.6 Å². The van der Waals surface area contributed by atoms with Gasteiger partial charge in [-0.25, -0.2) is 9.18 Å². The molecule has 0 spiro atoms. The second kappa shape index (κ2) is 8.06. The van der Waals surface area contributed by atoms with Crippen molar-refractivity contribution >= 4 is 18.0 Å². The van der Waals surface area contributed by atoms with Crippen LogP contribution in [0.1, 0.15) is 17.2 Å². The predicted molar refractivity (Wildman–Crippen MR) is 89.4 cm³/mol. The number of carbonyl (C=O) groups is 2. The maximum Gasteiger partial charge on any atom is 0.331 e. The average molecular weight is 327 g/mol. The van der Waals surface area contributed by atoms with Crippen LogP contribution in [0.4, 0.5) is 4.39 Å². The molecule has 0 saturated heterocycles. The van der Waals surface area contributed by atoms with E-state index in [4.69, 9.17) is 4.74 Å². The molecule has 0 aliphatic rings. The van der Waals surface area contributed by atoms with E-state index in [0.717, 1.165) is 6.08 Å². The SMILES string of the molecule is CN(C)C(=O)[C@H](OC(=O)/C=C/c1ccccc1F)c1ccccc1. The summed E-state index contributed by atoms with van der Waals surface area (Å²) in [5.74, 6) is -1.51. The van der Waals surface area contributed by atoms with Gasteiger partial charge in [0.15, 0.2) is 0 Å². The number of carbonyl (C=O) groups excluding carboxylic acids is 2. The zero-order chi connectivity index (χ0) is 17.5. The van der Waals surface area contributed by atoms with Crippen molar-refractivity contribution < 1.29 is 18.7 Å². The fraction of sp³-hybridized carbons (Fsp3) is 0.158. The monoisotopic (exact) mass is 327 g/mol. The molecule has 0 aliphatic carbocycles. The Morgan fingerprint density at radius 1 is 1.04 bits per heavy atom. The minimum absolute atomic E-state index is 0.268. The van der Waals surface area contributed by atoms with Crippen LogP contribution >= 0.6 is 0 Å². The lowest BCUT2D eigenvalue weighted by atomic mass is 10.1. The third kappa shape index (κ3) is 4.52. The van der Waals surface area contributed by atoms with E-state index in [1.54, 1.807) is 62.6 Å². The molecule has 0 heterocycles. The third-order valence-corrected chi connectivity index (χ3v) is 3.31. The van der Waals surface area contributed by atoms with Crippen LogP contribution in [-0.4, -0.2) is 30.9 Å². The van der Waals surface area contributed by atoms with E-state index in [9.17, 15) is 14.0 Å². The summed E-state index contributed by atoms with van der Waals surface area (Å²) < 4.78 is 18.8. The minimum Gasteiger partial charge on any atom is -0.444 e. The Kier molecular flexibility index (Phi) is 5.84. The van der Waals surface area contributed by atoms with Gasteiger partial charge in [0, 0.05) is 31.3 Å². The second-order valence-corrected chi connectivity index (χ2v) is 5.32. The number of hydrogen-bond acceptors (Lipinski definition) is 3. The second-order valence-electron chi connectivity index (χ2n) is 5.32. The highest BCUT2D eigenvalue weighted by atomic mass is 19.1. The molecule has 124 valence electrons. The molecule has 1 amide bonds. The van der Waals surface area contributed by atoms with Gasteiger partial charge >= 0.3 is 5.97 Å². The molecule has 2 rings (SSSR count). The summed E-state index contributed by atoms with van der Waals surface area (Å²) in [5.41, 5.74) is 0.841. The number of hydrogen-bond donors (Lipinski definition) is 0. The largest absolute Gasteiger partial charge is 0.444 e. The van der Waals surface area contributed by atoms with Gasteiger partial charge in [0.1, 0.15) is 5.82 Å². The van der Waals surface area contributed by atoms with Crippen LogP contribution in [0, 0.1) is 5.82 Å². The predicted octanol–water partition coefficient (Wildman–Crippen LogP) is 3.21. The number of ether oxygens (including phenoxy) is 1. The van der Waals surface area contributed by atoms with Gasteiger partial charge in [-0.05, 0) is 12.1 Å². The van der Waals surface area contributed by atoms with Crippen molar-refractivity contribution in [2.75, 3.05) is 14.1 Å². The molecule has 1 atom stereocenters. The number of benzene rings is 2. The maximum absolute atomic E-state index is 13.5. The Morgan fingerprint density at radius 2 is 1.67 bits per heavy atom. The molecular formula is C19H18FNO3. The zero-order valence-electron chi connectivity index (χ0n) is 13.5. The molecule has 0 unspecified atom stereocenters. The van der Waals surface area contributed by atoms with Crippen LogP contribution in [0.25, 0.3) is 6.08 Å². The van der Waals surface area contributed by atoms with Gasteiger partial charge < -0.3 is 9.64 Å². The summed E-state index contributed by atoms with van der Waals surface area (Å²) in [6.07, 6.45) is 1.39. The smallest absolute Gasteiger partial charge is 0.331 e. The van der Waals surface area contributed by atoms with Gasteiger partial charge in [-0.2, -0.15) is 0 Å². The summed E-state index contributed by atoms with van der Waals surface area (Å²) in [5, 5.41) is 0. The third-order valence-electron chi connectivity index (χ3n) is 3.31. The molecule has 5 heteroatoms. The normalized spacial score (nSPS) is 12.0. The number of halogens is 1. The number of esters is 1. The summed E-state index contributed by atoms with van der Waals surface area (Å²) in [7, 11) is 3.17. The van der Waals surface area contributed by atoms with Gasteiger partial charge in [0.2, 0.25) is 6.10 Å². The van der Waals surface area contributed by atoms with Crippen LogP contribution < -0.4 is 0 Å². The Morgan fingerprint density at radius 3 is 2.29 bits per heavy atom.